The summed E-state index contributed by atoms with van der Waals surface area (Å²) in [5, 5.41) is 10.8. The van der Waals surface area contributed by atoms with Gasteiger partial charge in [0.2, 0.25) is 5.88 Å². The van der Waals surface area contributed by atoms with Gasteiger partial charge in [0.05, 0.1) is 12.2 Å². The van der Waals surface area contributed by atoms with Gasteiger partial charge in [-0.05, 0) is 39.7 Å². The summed E-state index contributed by atoms with van der Waals surface area (Å²) in [6.07, 6.45) is -1.83. The predicted octanol–water partition coefficient (Wildman–Crippen LogP) is 7.60. The third-order valence-electron chi connectivity index (χ3n) is 6.82. The third kappa shape index (κ3) is 7.68. The van der Waals surface area contributed by atoms with Crippen LogP contribution in [0.5, 0.6) is 17.4 Å². The van der Waals surface area contributed by atoms with E-state index in [1.54, 1.807) is 12.1 Å². The number of alkyl halides is 3. The summed E-state index contributed by atoms with van der Waals surface area (Å²) in [5.41, 5.74) is -0.708. The van der Waals surface area contributed by atoms with E-state index in [4.69, 9.17) is 30.6 Å². The zero-order valence-corrected chi connectivity index (χ0v) is 26.0. The fraction of sp³-hybridized carbons (Fsp3) is 0.212. The van der Waals surface area contributed by atoms with E-state index >= 15 is 0 Å². The van der Waals surface area contributed by atoms with E-state index in [0.29, 0.717) is 23.6 Å². The van der Waals surface area contributed by atoms with Gasteiger partial charge in [-0.3, -0.25) is 0 Å². The number of carboxylic acid groups (broad SMARTS) is 1. The lowest BCUT2D eigenvalue weighted by Gasteiger charge is -2.43. The Bertz CT molecular complexity index is 1570. The quantitative estimate of drug-likeness (QED) is 0.103. The molecule has 0 aliphatic heterocycles. The molecule has 1 heterocycles. The van der Waals surface area contributed by atoms with Gasteiger partial charge in [0.1, 0.15) is 23.1 Å². The first-order valence-electron chi connectivity index (χ1n) is 13.6. The van der Waals surface area contributed by atoms with Gasteiger partial charge >= 0.3 is 12.1 Å². The van der Waals surface area contributed by atoms with Crippen molar-refractivity contribution in [1.29, 1.82) is 0 Å². The van der Waals surface area contributed by atoms with Crippen LogP contribution in [0.1, 0.15) is 31.9 Å². The Hall–Kier alpha value is -4.12. The highest BCUT2D eigenvalue weighted by Crippen LogP contribution is 2.38. The summed E-state index contributed by atoms with van der Waals surface area (Å²) in [7, 11) is -2.78. The second-order valence-corrected chi connectivity index (χ2v) is 15.6. The Morgan fingerprint density at radius 2 is 1.55 bits per heavy atom. The molecule has 0 saturated heterocycles. The Labute approximate surface area is 259 Å². The van der Waals surface area contributed by atoms with Crippen LogP contribution in [0, 0.1) is 0 Å². The number of benzene rings is 3. The Kier molecular flexibility index (Phi) is 10.2. The van der Waals surface area contributed by atoms with Gasteiger partial charge in [0, 0.05) is 23.9 Å². The zero-order chi connectivity index (χ0) is 32.0. The number of carboxylic acids is 1. The fourth-order valence-corrected chi connectivity index (χ4v) is 9.62. The minimum Gasteiger partial charge on any atom is -0.491 e. The molecule has 0 bridgehead atoms. The number of carbonyl (C=O) groups is 1. The van der Waals surface area contributed by atoms with Gasteiger partial charge in [0.15, 0.2) is 0 Å². The summed E-state index contributed by atoms with van der Waals surface area (Å²) in [6.45, 7) is 6.96. The Morgan fingerprint density at radius 3 is 2.07 bits per heavy atom. The molecule has 0 atom stereocenters. The Balaban J connectivity index is 1.58. The molecule has 0 radical (unpaired) electrons. The monoisotopic (exact) mass is 641 g/mol. The molecule has 0 aliphatic carbocycles. The van der Waals surface area contributed by atoms with Crippen molar-refractivity contribution in [3.63, 3.8) is 0 Å². The molecular weight excluding hydrogens is 611 g/mol. The number of rotatable bonds is 11. The summed E-state index contributed by atoms with van der Waals surface area (Å²) < 4.78 is 57.8. The molecule has 44 heavy (non-hydrogen) atoms. The van der Waals surface area contributed by atoms with Crippen molar-refractivity contribution in [2.75, 3.05) is 13.2 Å². The molecule has 6 nitrogen and oxygen atoms in total. The van der Waals surface area contributed by atoms with Gasteiger partial charge in [0.25, 0.3) is 8.32 Å². The summed E-state index contributed by atoms with van der Waals surface area (Å²) in [4.78, 5) is 14.8. The first-order chi connectivity index (χ1) is 20.8. The molecule has 4 aromatic rings. The molecular formula is C33H31ClF3NO5Si. The van der Waals surface area contributed by atoms with Crippen LogP contribution in [-0.4, -0.2) is 37.6 Å². The SMILES string of the molecule is CC(C)(C)[Si](OCCOc1ccc(C=CC(=O)O)c(Oc2ncc(C(F)(F)F)cc2Cl)c1)(c1ccccc1)c1ccccc1. The van der Waals surface area contributed by atoms with Crippen molar-refractivity contribution >= 4 is 42.3 Å². The van der Waals surface area contributed by atoms with E-state index in [-0.39, 0.29) is 34.9 Å². The lowest BCUT2D eigenvalue weighted by Crippen LogP contribution is -2.66. The first kappa shape index (κ1) is 32.8. The number of aromatic nitrogens is 1. The van der Waals surface area contributed by atoms with Crippen molar-refractivity contribution < 1.29 is 37.0 Å². The standard InChI is InChI=1S/C33H31ClF3NO5Si/c1-32(2,3)44(26-10-6-4-7-11-26,27-12-8-5-9-13-27)42-19-18-41-25-16-14-23(15-17-30(39)40)29(21-25)43-31-28(34)20-24(22-38-31)33(35,36)37/h4-17,20-22H,18-19H2,1-3H3,(H,39,40). The molecule has 1 aromatic heterocycles. The van der Waals surface area contributed by atoms with Gasteiger partial charge < -0.3 is 19.0 Å². The maximum absolute atomic E-state index is 13.1. The summed E-state index contributed by atoms with van der Waals surface area (Å²) >= 11 is 6.04. The van der Waals surface area contributed by atoms with Crippen LogP contribution in [0.2, 0.25) is 10.1 Å². The van der Waals surface area contributed by atoms with E-state index in [1.807, 2.05) is 36.4 Å². The minimum atomic E-state index is -4.63. The van der Waals surface area contributed by atoms with Gasteiger partial charge in [-0.25, -0.2) is 9.78 Å². The topological polar surface area (TPSA) is 77.9 Å². The van der Waals surface area contributed by atoms with Gasteiger partial charge in [-0.2, -0.15) is 13.2 Å². The van der Waals surface area contributed by atoms with E-state index in [2.05, 4.69) is 50.0 Å². The number of halogens is 4. The smallest absolute Gasteiger partial charge is 0.417 e. The van der Waals surface area contributed by atoms with E-state index in [0.717, 1.165) is 16.4 Å². The average Bonchev–Trinajstić information content (AvgIpc) is 2.97. The third-order valence-corrected chi connectivity index (χ3v) is 12.1. The van der Waals surface area contributed by atoms with Gasteiger partial charge in [-0.15, -0.1) is 0 Å². The highest BCUT2D eigenvalue weighted by molar-refractivity contribution is 6.99. The van der Waals surface area contributed by atoms with Gasteiger partial charge in [-0.1, -0.05) is 93.0 Å². The Morgan fingerprint density at radius 1 is 0.932 bits per heavy atom. The molecule has 0 unspecified atom stereocenters. The van der Waals surface area contributed by atoms with E-state index in [1.165, 1.54) is 12.1 Å². The van der Waals surface area contributed by atoms with E-state index in [9.17, 15) is 18.0 Å². The van der Waals surface area contributed by atoms with Crippen molar-refractivity contribution in [2.24, 2.45) is 0 Å². The summed E-state index contributed by atoms with van der Waals surface area (Å²) in [6, 6.07) is 25.7. The fourth-order valence-electron chi connectivity index (χ4n) is 4.87. The maximum atomic E-state index is 13.1. The number of hydrogen-bond donors (Lipinski definition) is 1. The van der Waals surface area contributed by atoms with Crippen molar-refractivity contribution in [3.8, 4) is 17.4 Å². The molecule has 230 valence electrons. The second-order valence-electron chi connectivity index (χ2n) is 10.8. The highest BCUT2D eigenvalue weighted by atomic mass is 35.5. The van der Waals surface area contributed by atoms with Crippen LogP contribution in [-0.2, 0) is 15.4 Å². The van der Waals surface area contributed by atoms with Crippen molar-refractivity contribution in [1.82, 2.24) is 4.98 Å². The van der Waals surface area contributed by atoms with E-state index < -0.39 is 26.0 Å². The van der Waals surface area contributed by atoms with Crippen LogP contribution in [0.15, 0.2) is 97.2 Å². The zero-order valence-electron chi connectivity index (χ0n) is 24.3. The number of aliphatic carboxylic acids is 1. The number of ether oxygens (including phenoxy) is 2. The number of hydrogen-bond acceptors (Lipinski definition) is 5. The molecule has 0 saturated carbocycles. The van der Waals surface area contributed by atoms with Crippen molar-refractivity contribution in [2.45, 2.75) is 32.0 Å². The molecule has 0 amide bonds. The maximum Gasteiger partial charge on any atom is 0.417 e. The van der Waals surface area contributed by atoms with Crippen LogP contribution in [0.3, 0.4) is 0 Å². The average molecular weight is 642 g/mol. The molecule has 4 rings (SSSR count). The second kappa shape index (κ2) is 13.7. The number of pyridine rings is 1. The van der Waals surface area contributed by atoms with Crippen molar-refractivity contribution in [3.05, 3.63) is 113 Å². The normalized spacial score (nSPS) is 12.3. The molecule has 0 fully saturated rings. The number of nitrogens with zero attached hydrogens (tertiary/aromatic N) is 1. The van der Waals surface area contributed by atoms with Crippen LogP contribution < -0.4 is 19.8 Å². The lowest BCUT2D eigenvalue weighted by molar-refractivity contribution is -0.138. The predicted molar refractivity (Wildman–Crippen MR) is 167 cm³/mol. The highest BCUT2D eigenvalue weighted by Gasteiger charge is 2.50. The van der Waals surface area contributed by atoms with Crippen LogP contribution in [0.25, 0.3) is 6.08 Å². The largest absolute Gasteiger partial charge is 0.491 e. The lowest BCUT2D eigenvalue weighted by atomic mass is 10.1. The van der Waals surface area contributed by atoms with Crippen LogP contribution in [0.4, 0.5) is 13.2 Å². The molecule has 1 N–H and O–H groups in total. The summed E-state index contributed by atoms with van der Waals surface area (Å²) in [5.74, 6) is -1.03. The minimum absolute atomic E-state index is 0.0852. The van der Waals surface area contributed by atoms with Crippen LogP contribution >= 0.6 is 11.6 Å². The first-order valence-corrected chi connectivity index (χ1v) is 15.9. The molecule has 0 aliphatic rings. The molecule has 0 spiro atoms. The molecule has 3 aromatic carbocycles. The molecule has 11 heteroatoms.